The normalized spacial score (nSPS) is 20.3. The summed E-state index contributed by atoms with van der Waals surface area (Å²) in [5.41, 5.74) is 2.16. The molecule has 5 nitrogen and oxygen atoms in total. The van der Waals surface area contributed by atoms with E-state index in [1.165, 1.54) is 0 Å². The van der Waals surface area contributed by atoms with Gasteiger partial charge in [-0.2, -0.15) is 0 Å². The Morgan fingerprint density at radius 2 is 2.10 bits per heavy atom. The number of imidazole rings is 1. The maximum absolute atomic E-state index is 4.86. The quantitative estimate of drug-likeness (QED) is 0.919. The molecule has 1 aromatic heterocycles. The summed E-state index contributed by atoms with van der Waals surface area (Å²) < 4.78 is 0. The van der Waals surface area contributed by atoms with E-state index < -0.39 is 0 Å². The standard InChI is InChI=1S/C16H19N5/c1-3-12-9-21-10-20(2)15-13(16(21)17-12)18-14(19-15)11-7-5-4-6-8-11/h4-8,12H,3,9-10H2,1-2H3,(H,18,19)/t12-/m0/s1. The summed E-state index contributed by atoms with van der Waals surface area (Å²) in [4.78, 5) is 17.6. The fraction of sp³-hybridized carbons (Fsp3) is 0.375. The first-order valence-corrected chi connectivity index (χ1v) is 7.46. The molecule has 0 amide bonds. The van der Waals surface area contributed by atoms with Gasteiger partial charge in [-0.3, -0.25) is 4.99 Å². The molecule has 2 aliphatic heterocycles. The highest BCUT2D eigenvalue weighted by Gasteiger charge is 2.34. The Labute approximate surface area is 124 Å². The zero-order valence-corrected chi connectivity index (χ0v) is 12.4. The van der Waals surface area contributed by atoms with Crippen molar-refractivity contribution in [3.05, 3.63) is 36.0 Å². The van der Waals surface area contributed by atoms with Crippen molar-refractivity contribution in [2.75, 3.05) is 25.2 Å². The van der Waals surface area contributed by atoms with Crippen molar-refractivity contribution in [2.24, 2.45) is 4.99 Å². The molecule has 0 spiro atoms. The number of H-pyrrole nitrogens is 1. The molecule has 0 radical (unpaired) electrons. The molecule has 0 unspecified atom stereocenters. The number of hydrogen-bond acceptors (Lipinski definition) is 4. The molecule has 0 saturated carbocycles. The fourth-order valence-electron chi connectivity index (χ4n) is 3.06. The zero-order chi connectivity index (χ0) is 14.4. The molecular weight excluding hydrogens is 262 g/mol. The summed E-state index contributed by atoms with van der Waals surface area (Å²) in [6.45, 7) is 4.07. The lowest BCUT2D eigenvalue weighted by atomic mass is 10.2. The van der Waals surface area contributed by atoms with Crippen molar-refractivity contribution in [1.29, 1.82) is 0 Å². The van der Waals surface area contributed by atoms with E-state index in [1.54, 1.807) is 0 Å². The Balaban J connectivity index is 1.80. The van der Waals surface area contributed by atoms with Crippen molar-refractivity contribution in [1.82, 2.24) is 14.9 Å². The third-order valence-corrected chi connectivity index (χ3v) is 4.21. The van der Waals surface area contributed by atoms with Crippen molar-refractivity contribution >= 4 is 11.7 Å². The van der Waals surface area contributed by atoms with E-state index >= 15 is 0 Å². The second-order valence-corrected chi connectivity index (χ2v) is 5.73. The number of benzene rings is 1. The van der Waals surface area contributed by atoms with Crippen LogP contribution in [0, 0.1) is 0 Å². The van der Waals surface area contributed by atoms with Crippen LogP contribution in [0.25, 0.3) is 11.4 Å². The van der Waals surface area contributed by atoms with Crippen molar-refractivity contribution < 1.29 is 0 Å². The number of anilines is 1. The van der Waals surface area contributed by atoms with Gasteiger partial charge in [-0.1, -0.05) is 37.3 Å². The molecule has 0 aliphatic carbocycles. The number of aromatic nitrogens is 2. The Morgan fingerprint density at radius 3 is 2.86 bits per heavy atom. The summed E-state index contributed by atoms with van der Waals surface area (Å²) in [6.07, 6.45) is 1.08. The van der Waals surface area contributed by atoms with Gasteiger partial charge in [0.1, 0.15) is 11.5 Å². The maximum atomic E-state index is 4.86. The molecule has 0 bridgehead atoms. The molecular formula is C16H19N5. The van der Waals surface area contributed by atoms with Gasteiger partial charge in [0, 0.05) is 19.2 Å². The minimum Gasteiger partial charge on any atom is -0.340 e. The number of aromatic amines is 1. The van der Waals surface area contributed by atoms with E-state index in [9.17, 15) is 0 Å². The van der Waals surface area contributed by atoms with Gasteiger partial charge in [0.25, 0.3) is 0 Å². The van der Waals surface area contributed by atoms with Crippen LogP contribution in [0.4, 0.5) is 5.82 Å². The average Bonchev–Trinajstić information content (AvgIpc) is 3.11. The number of amidine groups is 1. The number of aliphatic imine (C=N–C) groups is 1. The maximum Gasteiger partial charge on any atom is 0.159 e. The topological polar surface area (TPSA) is 47.5 Å². The first-order chi connectivity index (χ1) is 10.3. The summed E-state index contributed by atoms with van der Waals surface area (Å²) in [5.74, 6) is 2.99. The van der Waals surface area contributed by atoms with E-state index in [2.05, 4.69) is 40.9 Å². The van der Waals surface area contributed by atoms with E-state index in [0.29, 0.717) is 6.04 Å². The molecule has 108 valence electrons. The van der Waals surface area contributed by atoms with Gasteiger partial charge in [0.2, 0.25) is 0 Å². The lowest BCUT2D eigenvalue weighted by Gasteiger charge is -2.32. The summed E-state index contributed by atoms with van der Waals surface area (Å²) in [6, 6.07) is 10.6. The van der Waals surface area contributed by atoms with Crippen LogP contribution in [0.3, 0.4) is 0 Å². The Bertz CT molecular complexity index is 688. The average molecular weight is 281 g/mol. The SMILES string of the molecule is CC[C@H]1CN2CN(C)c3nc(-c4ccccc4)[nH]c3C2=N1. The molecule has 2 aliphatic rings. The van der Waals surface area contributed by atoms with Gasteiger partial charge in [0.05, 0.1) is 12.7 Å². The van der Waals surface area contributed by atoms with Gasteiger partial charge in [0.15, 0.2) is 11.7 Å². The van der Waals surface area contributed by atoms with E-state index in [0.717, 1.165) is 48.4 Å². The van der Waals surface area contributed by atoms with E-state index in [4.69, 9.17) is 9.98 Å². The molecule has 4 rings (SSSR count). The predicted molar refractivity (Wildman–Crippen MR) is 84.6 cm³/mol. The van der Waals surface area contributed by atoms with Gasteiger partial charge in [-0.05, 0) is 6.42 Å². The number of hydrogen-bond donors (Lipinski definition) is 1. The van der Waals surface area contributed by atoms with Crippen LogP contribution in [0.1, 0.15) is 19.0 Å². The molecule has 0 saturated heterocycles. The third kappa shape index (κ3) is 1.92. The number of rotatable bonds is 2. The Kier molecular flexibility index (Phi) is 2.74. The third-order valence-electron chi connectivity index (χ3n) is 4.21. The molecule has 0 fully saturated rings. The van der Waals surface area contributed by atoms with Crippen molar-refractivity contribution in [3.63, 3.8) is 0 Å². The van der Waals surface area contributed by atoms with Crippen LogP contribution in [0.5, 0.6) is 0 Å². The Hall–Kier alpha value is -2.30. The monoisotopic (exact) mass is 281 g/mol. The largest absolute Gasteiger partial charge is 0.340 e. The van der Waals surface area contributed by atoms with Crippen LogP contribution >= 0.6 is 0 Å². The van der Waals surface area contributed by atoms with Crippen LogP contribution < -0.4 is 4.90 Å². The highest BCUT2D eigenvalue weighted by molar-refractivity contribution is 6.04. The molecule has 1 N–H and O–H groups in total. The zero-order valence-electron chi connectivity index (χ0n) is 12.4. The van der Waals surface area contributed by atoms with Crippen LogP contribution in [0.15, 0.2) is 35.3 Å². The smallest absolute Gasteiger partial charge is 0.159 e. The van der Waals surface area contributed by atoms with E-state index in [-0.39, 0.29) is 0 Å². The highest BCUT2D eigenvalue weighted by atomic mass is 15.4. The number of nitrogens with zero attached hydrogens (tertiary/aromatic N) is 4. The van der Waals surface area contributed by atoms with Gasteiger partial charge in [-0.15, -0.1) is 0 Å². The molecule has 2 aromatic rings. The van der Waals surface area contributed by atoms with Crippen LogP contribution in [-0.4, -0.2) is 47.0 Å². The molecule has 1 aromatic carbocycles. The predicted octanol–water partition coefficient (Wildman–Crippen LogP) is 2.32. The first-order valence-electron chi connectivity index (χ1n) is 7.46. The summed E-state index contributed by atoms with van der Waals surface area (Å²) in [7, 11) is 2.09. The first kappa shape index (κ1) is 12.4. The summed E-state index contributed by atoms with van der Waals surface area (Å²) >= 11 is 0. The van der Waals surface area contributed by atoms with E-state index in [1.807, 2.05) is 18.2 Å². The van der Waals surface area contributed by atoms with Gasteiger partial charge < -0.3 is 14.8 Å². The molecule has 21 heavy (non-hydrogen) atoms. The minimum absolute atomic E-state index is 0.405. The van der Waals surface area contributed by atoms with Crippen LogP contribution in [0.2, 0.25) is 0 Å². The van der Waals surface area contributed by atoms with Gasteiger partial charge in [-0.25, -0.2) is 4.98 Å². The lowest BCUT2D eigenvalue weighted by Crippen LogP contribution is -2.44. The van der Waals surface area contributed by atoms with Gasteiger partial charge >= 0.3 is 0 Å². The second kappa shape index (κ2) is 4.62. The Morgan fingerprint density at radius 1 is 1.29 bits per heavy atom. The highest BCUT2D eigenvalue weighted by Crippen LogP contribution is 2.31. The summed E-state index contributed by atoms with van der Waals surface area (Å²) in [5, 5.41) is 0. The lowest BCUT2D eigenvalue weighted by molar-refractivity contribution is 0.414. The molecule has 1 atom stereocenters. The molecule has 5 heteroatoms. The van der Waals surface area contributed by atoms with Crippen molar-refractivity contribution in [3.8, 4) is 11.4 Å². The fourth-order valence-corrected chi connectivity index (χ4v) is 3.06. The second-order valence-electron chi connectivity index (χ2n) is 5.73. The van der Waals surface area contributed by atoms with Crippen LogP contribution in [-0.2, 0) is 0 Å². The minimum atomic E-state index is 0.405. The molecule has 3 heterocycles. The number of fused-ring (bicyclic) bond motifs is 3. The number of nitrogens with one attached hydrogen (secondary N) is 1. The van der Waals surface area contributed by atoms with Crippen molar-refractivity contribution in [2.45, 2.75) is 19.4 Å².